The van der Waals surface area contributed by atoms with Crippen LogP contribution < -0.4 is 4.90 Å². The molecule has 1 fully saturated rings. The van der Waals surface area contributed by atoms with Gasteiger partial charge in [0, 0.05) is 31.5 Å². The van der Waals surface area contributed by atoms with Crippen molar-refractivity contribution in [2.24, 2.45) is 5.92 Å². The van der Waals surface area contributed by atoms with E-state index in [-0.39, 0.29) is 27.4 Å². The van der Waals surface area contributed by atoms with Crippen LogP contribution in [0.4, 0.5) is 5.82 Å². The predicted molar refractivity (Wildman–Crippen MR) is 104 cm³/mol. The quantitative estimate of drug-likeness (QED) is 0.774. The van der Waals surface area contributed by atoms with Gasteiger partial charge in [-0.2, -0.15) is 0 Å². The number of hydrogen-bond donors (Lipinski definition) is 1. The van der Waals surface area contributed by atoms with E-state index in [0.29, 0.717) is 37.4 Å². The Morgan fingerprint density at radius 1 is 1.39 bits per heavy atom. The largest absolute Gasteiger partial charge is 0.481 e. The first kappa shape index (κ1) is 20.6. The number of piperidine rings is 1. The Hall–Kier alpha value is -2.13. The molecule has 1 N–H and O–H groups in total. The zero-order chi connectivity index (χ0) is 20.6. The fraction of sp³-hybridized carbons (Fsp3) is 0.500. The van der Waals surface area contributed by atoms with E-state index in [0.717, 1.165) is 6.26 Å². The first-order valence-electron chi connectivity index (χ1n) is 8.96. The second-order valence-corrected chi connectivity index (χ2v) is 9.33. The molecule has 0 aromatic carbocycles. The van der Waals surface area contributed by atoms with E-state index < -0.39 is 21.7 Å². The van der Waals surface area contributed by atoms with Crippen molar-refractivity contribution in [3.63, 3.8) is 0 Å². The third-order valence-electron chi connectivity index (χ3n) is 4.96. The first-order valence-corrected chi connectivity index (χ1v) is 11.2. The summed E-state index contributed by atoms with van der Waals surface area (Å²) in [7, 11) is -3.71. The SMILES string of the molecule is CCc1cnc(-c2cnc(N3CCC(C(=O)O)CC3C)c(Cl)c2S(C)(=O)=O)o1. The molecule has 2 atom stereocenters. The lowest BCUT2D eigenvalue weighted by Crippen LogP contribution is -2.43. The molecule has 0 radical (unpaired) electrons. The number of hydrogen-bond acceptors (Lipinski definition) is 7. The summed E-state index contributed by atoms with van der Waals surface area (Å²) in [5, 5.41) is 9.24. The molecule has 2 aromatic heterocycles. The Labute approximate surface area is 168 Å². The number of oxazole rings is 1. The highest BCUT2D eigenvalue weighted by Gasteiger charge is 2.33. The van der Waals surface area contributed by atoms with E-state index in [1.165, 1.54) is 6.20 Å². The number of aliphatic carboxylic acids is 1. The summed E-state index contributed by atoms with van der Waals surface area (Å²) < 4.78 is 30.6. The molecule has 152 valence electrons. The van der Waals surface area contributed by atoms with Crippen LogP contribution in [0.3, 0.4) is 0 Å². The lowest BCUT2D eigenvalue weighted by atomic mass is 9.92. The second kappa shape index (κ2) is 7.71. The molecule has 2 unspecified atom stereocenters. The van der Waals surface area contributed by atoms with Crippen LogP contribution in [0.2, 0.25) is 5.02 Å². The zero-order valence-corrected chi connectivity index (χ0v) is 17.4. The summed E-state index contributed by atoms with van der Waals surface area (Å²) in [5.74, 6) is -0.161. The van der Waals surface area contributed by atoms with Crippen LogP contribution in [0.25, 0.3) is 11.5 Å². The van der Waals surface area contributed by atoms with Crippen LogP contribution in [-0.2, 0) is 21.1 Å². The maximum Gasteiger partial charge on any atom is 0.306 e. The van der Waals surface area contributed by atoms with Gasteiger partial charge in [-0.3, -0.25) is 4.79 Å². The number of halogens is 1. The number of carboxylic acids is 1. The number of rotatable bonds is 5. The van der Waals surface area contributed by atoms with Crippen LogP contribution >= 0.6 is 11.6 Å². The molecule has 3 heterocycles. The summed E-state index contributed by atoms with van der Waals surface area (Å²) in [4.78, 5) is 21.6. The normalized spacial score (nSPS) is 20.4. The molecule has 8 nitrogen and oxygen atoms in total. The van der Waals surface area contributed by atoms with Gasteiger partial charge in [-0.15, -0.1) is 0 Å². The molecule has 0 bridgehead atoms. The zero-order valence-electron chi connectivity index (χ0n) is 15.8. The summed E-state index contributed by atoms with van der Waals surface area (Å²) in [6.07, 6.45) is 5.51. The van der Waals surface area contributed by atoms with Crippen LogP contribution in [0.15, 0.2) is 21.7 Å². The van der Waals surface area contributed by atoms with Gasteiger partial charge in [-0.05, 0) is 19.8 Å². The Balaban J connectivity index is 2.07. The third kappa shape index (κ3) is 3.86. The number of carbonyl (C=O) groups is 1. The smallest absolute Gasteiger partial charge is 0.306 e. The van der Waals surface area contributed by atoms with Crippen molar-refractivity contribution < 1.29 is 22.7 Å². The minimum absolute atomic E-state index is 0.00289. The van der Waals surface area contributed by atoms with E-state index >= 15 is 0 Å². The van der Waals surface area contributed by atoms with Crippen LogP contribution in [-0.4, -0.2) is 48.3 Å². The first-order chi connectivity index (χ1) is 13.1. The van der Waals surface area contributed by atoms with Crippen LogP contribution in [0.5, 0.6) is 0 Å². The number of aryl methyl sites for hydroxylation is 1. The monoisotopic (exact) mass is 427 g/mol. The number of carboxylic acid groups (broad SMARTS) is 1. The molecule has 0 amide bonds. The molecular weight excluding hydrogens is 406 g/mol. The van der Waals surface area contributed by atoms with Gasteiger partial charge < -0.3 is 14.4 Å². The van der Waals surface area contributed by atoms with E-state index in [1.54, 1.807) is 6.20 Å². The van der Waals surface area contributed by atoms with Crippen molar-refractivity contribution in [3.8, 4) is 11.5 Å². The molecule has 2 aromatic rings. The van der Waals surface area contributed by atoms with Gasteiger partial charge >= 0.3 is 5.97 Å². The van der Waals surface area contributed by atoms with Crippen molar-refractivity contribution in [2.75, 3.05) is 17.7 Å². The number of pyridine rings is 1. The van der Waals surface area contributed by atoms with Crippen molar-refractivity contribution in [1.29, 1.82) is 0 Å². The molecule has 0 saturated carbocycles. The Bertz CT molecular complexity index is 1000. The van der Waals surface area contributed by atoms with Crippen molar-refractivity contribution in [3.05, 3.63) is 23.2 Å². The number of sulfone groups is 1. The van der Waals surface area contributed by atoms with Crippen molar-refractivity contribution in [2.45, 2.75) is 44.0 Å². The van der Waals surface area contributed by atoms with E-state index in [2.05, 4.69) is 9.97 Å². The second-order valence-electron chi connectivity index (χ2n) is 7.00. The highest BCUT2D eigenvalue weighted by molar-refractivity contribution is 7.91. The average molecular weight is 428 g/mol. The third-order valence-corrected chi connectivity index (χ3v) is 6.59. The van der Waals surface area contributed by atoms with Crippen LogP contribution in [0, 0.1) is 5.92 Å². The Morgan fingerprint density at radius 3 is 2.64 bits per heavy atom. The summed E-state index contributed by atoms with van der Waals surface area (Å²) in [6, 6.07) is -0.147. The van der Waals surface area contributed by atoms with Gasteiger partial charge in [0.1, 0.15) is 21.5 Å². The molecule has 0 spiro atoms. The summed E-state index contributed by atoms with van der Waals surface area (Å²) in [5.41, 5.74) is 0.212. The van der Waals surface area contributed by atoms with E-state index in [4.69, 9.17) is 16.0 Å². The molecule has 10 heteroatoms. The maximum atomic E-state index is 12.5. The fourth-order valence-electron chi connectivity index (χ4n) is 3.48. The standard InChI is InChI=1S/C18H22ClN3O5S/c1-4-12-8-21-17(27-12)13-9-20-16(14(19)15(13)28(3,25)26)22-6-5-11(18(23)24)7-10(22)2/h8-11H,4-7H2,1-3H3,(H,23,24). The van der Waals surface area contributed by atoms with Crippen LogP contribution in [0.1, 0.15) is 32.4 Å². The van der Waals surface area contributed by atoms with Gasteiger partial charge in [0.05, 0.1) is 17.7 Å². The van der Waals surface area contributed by atoms with Crippen molar-refractivity contribution in [1.82, 2.24) is 9.97 Å². The summed E-state index contributed by atoms with van der Waals surface area (Å²) in [6.45, 7) is 4.20. The average Bonchev–Trinajstić information content (AvgIpc) is 3.09. The topological polar surface area (TPSA) is 114 Å². The lowest BCUT2D eigenvalue weighted by Gasteiger charge is -2.37. The van der Waals surface area contributed by atoms with E-state index in [9.17, 15) is 18.3 Å². The van der Waals surface area contributed by atoms with Gasteiger partial charge in [-0.1, -0.05) is 18.5 Å². The number of aromatic nitrogens is 2. The van der Waals surface area contributed by atoms with Gasteiger partial charge in [0.2, 0.25) is 5.89 Å². The molecule has 1 aliphatic heterocycles. The summed E-state index contributed by atoms with van der Waals surface area (Å²) >= 11 is 6.52. The lowest BCUT2D eigenvalue weighted by molar-refractivity contribution is -0.142. The van der Waals surface area contributed by atoms with Gasteiger partial charge in [0.15, 0.2) is 9.84 Å². The highest BCUT2D eigenvalue weighted by Crippen LogP contribution is 2.39. The van der Waals surface area contributed by atoms with E-state index in [1.807, 2.05) is 18.7 Å². The Kier molecular flexibility index (Phi) is 5.67. The van der Waals surface area contributed by atoms with Crippen molar-refractivity contribution >= 4 is 33.2 Å². The molecule has 1 aliphatic rings. The molecular formula is C18H22ClN3O5S. The fourth-order valence-corrected chi connectivity index (χ4v) is 5.12. The van der Waals surface area contributed by atoms with Gasteiger partial charge in [0.25, 0.3) is 0 Å². The molecule has 28 heavy (non-hydrogen) atoms. The number of anilines is 1. The Morgan fingerprint density at radius 2 is 2.11 bits per heavy atom. The minimum Gasteiger partial charge on any atom is -0.481 e. The predicted octanol–water partition coefficient (Wildman–Crippen LogP) is 3.05. The van der Waals surface area contributed by atoms with Gasteiger partial charge in [-0.25, -0.2) is 18.4 Å². The number of nitrogens with zero attached hydrogens (tertiary/aromatic N) is 3. The molecule has 0 aliphatic carbocycles. The molecule has 1 saturated heterocycles. The maximum absolute atomic E-state index is 12.5. The highest BCUT2D eigenvalue weighted by atomic mass is 35.5. The molecule has 3 rings (SSSR count). The minimum atomic E-state index is -3.71.